The largest absolute Gasteiger partial charge is 0.511 e. The van der Waals surface area contributed by atoms with Gasteiger partial charge in [-0.2, -0.15) is 0 Å². The van der Waals surface area contributed by atoms with Crippen LogP contribution in [0.25, 0.3) is 0 Å². The fraction of sp³-hybridized carbons (Fsp3) is 0.333. The number of ether oxygens (including phenoxy) is 1. The molecular weight excluding hydrogens is 208 g/mol. The number of thioether (sulfide) groups is 1. The summed E-state index contributed by atoms with van der Waals surface area (Å²) in [4.78, 5) is 0.977. The molecule has 2 nitrogen and oxygen atoms in total. The highest BCUT2D eigenvalue weighted by Crippen LogP contribution is 2.27. The Morgan fingerprint density at radius 3 is 2.80 bits per heavy atom. The van der Waals surface area contributed by atoms with Crippen molar-refractivity contribution in [2.45, 2.75) is 12.2 Å². The van der Waals surface area contributed by atoms with E-state index in [9.17, 15) is 5.11 Å². The Kier molecular flexibility index (Phi) is 3.69. The van der Waals surface area contributed by atoms with E-state index in [1.807, 2.05) is 18.2 Å². The molecule has 1 heterocycles. The van der Waals surface area contributed by atoms with Crippen LogP contribution in [0.4, 0.5) is 0 Å². The third kappa shape index (κ3) is 3.01. The summed E-state index contributed by atoms with van der Waals surface area (Å²) in [5.74, 6) is 1.39. The number of rotatable bonds is 3. The highest BCUT2D eigenvalue weighted by atomic mass is 32.2. The third-order valence-electron chi connectivity index (χ3n) is 2.29. The first-order chi connectivity index (χ1) is 7.36. The lowest BCUT2D eigenvalue weighted by atomic mass is 10.2. The molecule has 0 fully saturated rings. The SMILES string of the molecule is OC1=C(SCc2ccccc2)COCC1. The normalized spacial score (nSPS) is 16.8. The maximum absolute atomic E-state index is 9.63. The van der Waals surface area contributed by atoms with E-state index in [4.69, 9.17) is 4.74 Å². The maximum atomic E-state index is 9.63. The van der Waals surface area contributed by atoms with E-state index in [1.165, 1.54) is 5.56 Å². The molecule has 0 bridgehead atoms. The number of aliphatic hydroxyl groups is 1. The van der Waals surface area contributed by atoms with Crippen molar-refractivity contribution in [1.82, 2.24) is 0 Å². The van der Waals surface area contributed by atoms with Crippen molar-refractivity contribution in [2.24, 2.45) is 0 Å². The first-order valence-electron chi connectivity index (χ1n) is 5.02. The number of benzene rings is 1. The Hall–Kier alpha value is -0.930. The average Bonchev–Trinajstić information content (AvgIpc) is 2.29. The molecule has 0 saturated carbocycles. The predicted molar refractivity (Wildman–Crippen MR) is 62.8 cm³/mol. The summed E-state index contributed by atoms with van der Waals surface area (Å²) in [6, 6.07) is 10.3. The summed E-state index contributed by atoms with van der Waals surface area (Å²) in [6.07, 6.45) is 0.650. The summed E-state index contributed by atoms with van der Waals surface area (Å²) in [7, 11) is 0. The fourth-order valence-electron chi connectivity index (χ4n) is 1.43. The molecule has 0 atom stereocenters. The van der Waals surface area contributed by atoms with Gasteiger partial charge in [0.15, 0.2) is 0 Å². The molecule has 0 unspecified atom stereocenters. The molecule has 1 aromatic carbocycles. The van der Waals surface area contributed by atoms with Crippen molar-refractivity contribution in [3.8, 4) is 0 Å². The molecule has 3 heteroatoms. The minimum atomic E-state index is 0.502. The van der Waals surface area contributed by atoms with Gasteiger partial charge >= 0.3 is 0 Å². The van der Waals surface area contributed by atoms with E-state index in [2.05, 4.69) is 12.1 Å². The summed E-state index contributed by atoms with van der Waals surface area (Å²) >= 11 is 1.66. The maximum Gasteiger partial charge on any atom is 0.106 e. The van der Waals surface area contributed by atoms with Crippen molar-refractivity contribution in [2.75, 3.05) is 13.2 Å². The zero-order valence-corrected chi connectivity index (χ0v) is 9.30. The second-order valence-electron chi connectivity index (χ2n) is 3.45. The van der Waals surface area contributed by atoms with Crippen LogP contribution in [0, 0.1) is 0 Å². The monoisotopic (exact) mass is 222 g/mol. The van der Waals surface area contributed by atoms with Crippen LogP contribution in [-0.4, -0.2) is 18.3 Å². The third-order valence-corrected chi connectivity index (χ3v) is 3.47. The molecule has 0 aliphatic carbocycles. The summed E-state index contributed by atoms with van der Waals surface area (Å²) in [5.41, 5.74) is 1.27. The molecule has 0 aromatic heterocycles. The highest BCUT2D eigenvalue weighted by Gasteiger charge is 2.12. The van der Waals surface area contributed by atoms with Crippen LogP contribution in [0.3, 0.4) is 0 Å². The van der Waals surface area contributed by atoms with Crippen molar-refractivity contribution >= 4 is 11.8 Å². The Labute approximate surface area is 94.0 Å². The van der Waals surface area contributed by atoms with Gasteiger partial charge < -0.3 is 9.84 Å². The molecule has 0 amide bonds. The molecule has 1 aliphatic rings. The molecular formula is C12H14O2S. The second kappa shape index (κ2) is 5.24. The predicted octanol–water partition coefficient (Wildman–Crippen LogP) is 3.11. The van der Waals surface area contributed by atoms with Crippen LogP contribution in [-0.2, 0) is 10.5 Å². The van der Waals surface area contributed by atoms with Gasteiger partial charge in [0.25, 0.3) is 0 Å². The van der Waals surface area contributed by atoms with Gasteiger partial charge in [-0.15, -0.1) is 11.8 Å². The standard InChI is InChI=1S/C12H14O2S/c13-11-6-7-14-8-12(11)15-9-10-4-2-1-3-5-10/h1-5,13H,6-9H2. The summed E-state index contributed by atoms with van der Waals surface area (Å²) < 4.78 is 5.30. The van der Waals surface area contributed by atoms with Crippen LogP contribution in [0.1, 0.15) is 12.0 Å². The first-order valence-corrected chi connectivity index (χ1v) is 6.00. The average molecular weight is 222 g/mol. The first kappa shape index (κ1) is 10.6. The van der Waals surface area contributed by atoms with Crippen LogP contribution >= 0.6 is 11.8 Å². The fourth-order valence-corrected chi connectivity index (χ4v) is 2.39. The molecule has 1 N–H and O–H groups in total. The van der Waals surface area contributed by atoms with Crippen molar-refractivity contribution in [1.29, 1.82) is 0 Å². The molecule has 0 radical (unpaired) electrons. The summed E-state index contributed by atoms with van der Waals surface area (Å²) in [5, 5.41) is 9.63. The lowest BCUT2D eigenvalue weighted by molar-refractivity contribution is 0.133. The van der Waals surface area contributed by atoms with Crippen molar-refractivity contribution in [3.63, 3.8) is 0 Å². The number of hydrogen-bond acceptors (Lipinski definition) is 3. The highest BCUT2D eigenvalue weighted by molar-refractivity contribution is 8.02. The van der Waals surface area contributed by atoms with Gasteiger partial charge in [0.05, 0.1) is 13.2 Å². The van der Waals surface area contributed by atoms with Crippen molar-refractivity contribution < 1.29 is 9.84 Å². The van der Waals surface area contributed by atoms with Crippen molar-refractivity contribution in [3.05, 3.63) is 46.6 Å². The molecule has 2 rings (SSSR count). The molecule has 1 aromatic rings. The van der Waals surface area contributed by atoms with E-state index < -0.39 is 0 Å². The van der Waals surface area contributed by atoms with Gasteiger partial charge in [0.1, 0.15) is 5.76 Å². The van der Waals surface area contributed by atoms with E-state index in [1.54, 1.807) is 11.8 Å². The lowest BCUT2D eigenvalue weighted by Crippen LogP contribution is -2.09. The van der Waals surface area contributed by atoms with Gasteiger partial charge in [-0.1, -0.05) is 30.3 Å². The van der Waals surface area contributed by atoms with E-state index in [0.29, 0.717) is 25.4 Å². The second-order valence-corrected chi connectivity index (χ2v) is 4.52. The van der Waals surface area contributed by atoms with Gasteiger partial charge in [0.2, 0.25) is 0 Å². The van der Waals surface area contributed by atoms with E-state index in [0.717, 1.165) is 10.7 Å². The minimum Gasteiger partial charge on any atom is -0.511 e. The minimum absolute atomic E-state index is 0.502. The van der Waals surface area contributed by atoms with Crippen LogP contribution in [0.15, 0.2) is 41.0 Å². The Balaban J connectivity index is 1.93. The van der Waals surface area contributed by atoms with Gasteiger partial charge in [-0.3, -0.25) is 0 Å². The van der Waals surface area contributed by atoms with Crippen LogP contribution in [0.2, 0.25) is 0 Å². The topological polar surface area (TPSA) is 29.5 Å². The molecule has 80 valence electrons. The zero-order chi connectivity index (χ0) is 10.5. The Morgan fingerprint density at radius 2 is 2.07 bits per heavy atom. The van der Waals surface area contributed by atoms with E-state index in [-0.39, 0.29) is 0 Å². The molecule has 15 heavy (non-hydrogen) atoms. The summed E-state index contributed by atoms with van der Waals surface area (Å²) in [6.45, 7) is 1.20. The molecule has 1 aliphatic heterocycles. The van der Waals surface area contributed by atoms with Gasteiger partial charge in [-0.05, 0) is 5.56 Å². The van der Waals surface area contributed by atoms with Gasteiger partial charge in [-0.25, -0.2) is 0 Å². The Bertz CT molecular complexity index is 346. The Morgan fingerprint density at radius 1 is 1.27 bits per heavy atom. The number of hydrogen-bond donors (Lipinski definition) is 1. The molecule has 0 spiro atoms. The van der Waals surface area contributed by atoms with Gasteiger partial charge in [0, 0.05) is 17.1 Å². The van der Waals surface area contributed by atoms with Crippen LogP contribution < -0.4 is 0 Å². The lowest BCUT2D eigenvalue weighted by Gasteiger charge is -2.16. The van der Waals surface area contributed by atoms with Crippen LogP contribution in [0.5, 0.6) is 0 Å². The number of aliphatic hydroxyl groups excluding tert-OH is 1. The quantitative estimate of drug-likeness (QED) is 0.852. The molecule has 0 saturated heterocycles. The zero-order valence-electron chi connectivity index (χ0n) is 8.48. The smallest absolute Gasteiger partial charge is 0.106 e. The van der Waals surface area contributed by atoms with E-state index >= 15 is 0 Å².